The molecule has 6 rings (SSSR count). The molecule has 0 radical (unpaired) electrons. The normalized spacial score (nSPS) is 16.8. The highest BCUT2D eigenvalue weighted by Gasteiger charge is 2.26. The summed E-state index contributed by atoms with van der Waals surface area (Å²) in [7, 11) is 0. The Balaban J connectivity index is 1.28. The summed E-state index contributed by atoms with van der Waals surface area (Å²) in [5.41, 5.74) is 2.35. The van der Waals surface area contributed by atoms with Crippen LogP contribution in [0.3, 0.4) is 0 Å². The molecule has 198 valence electrons. The molecule has 11 nitrogen and oxygen atoms in total. The first kappa shape index (κ1) is 24.5. The second-order valence-corrected chi connectivity index (χ2v) is 9.37. The maximum absolute atomic E-state index is 13.6. The Bertz CT molecular complexity index is 1560. The van der Waals surface area contributed by atoms with Crippen LogP contribution in [0, 0.1) is 5.82 Å². The zero-order valence-electron chi connectivity index (χ0n) is 21.0. The molecule has 0 spiro atoms. The van der Waals surface area contributed by atoms with Gasteiger partial charge in [-0.2, -0.15) is 19.6 Å². The van der Waals surface area contributed by atoms with Gasteiger partial charge in [0, 0.05) is 50.1 Å². The maximum Gasteiger partial charge on any atom is 0.254 e. The van der Waals surface area contributed by atoms with Crippen molar-refractivity contribution in [3.05, 3.63) is 77.4 Å². The number of piperazine rings is 1. The number of halogens is 1. The molecule has 12 heteroatoms. The van der Waals surface area contributed by atoms with Gasteiger partial charge < -0.3 is 15.1 Å². The molecule has 2 N–H and O–H groups in total. The Labute approximate surface area is 223 Å². The molecule has 2 aliphatic heterocycles. The van der Waals surface area contributed by atoms with Crippen molar-refractivity contribution < 1.29 is 14.0 Å². The van der Waals surface area contributed by atoms with Gasteiger partial charge in [0.15, 0.2) is 5.65 Å². The van der Waals surface area contributed by atoms with Crippen LogP contribution < -0.4 is 20.4 Å². The Kier molecular flexibility index (Phi) is 6.57. The molecule has 0 saturated carbocycles. The molecule has 4 aromatic rings. The molecule has 0 aliphatic carbocycles. The zero-order chi connectivity index (χ0) is 26.8. The molecule has 1 aromatic carbocycles. The number of nitrogens with zero attached hydrogens (tertiary/aromatic N) is 7. The monoisotopic (exact) mass is 527 g/mol. The van der Waals surface area contributed by atoms with Gasteiger partial charge in [0.05, 0.1) is 12.6 Å². The fraction of sp³-hybridized carbons (Fsp3) is 0.259. The van der Waals surface area contributed by atoms with Crippen molar-refractivity contribution in [2.24, 2.45) is 0 Å². The minimum atomic E-state index is -0.410. The summed E-state index contributed by atoms with van der Waals surface area (Å²) < 4.78 is 15.2. The first-order valence-electron chi connectivity index (χ1n) is 12.7. The van der Waals surface area contributed by atoms with Gasteiger partial charge in [-0.25, -0.2) is 9.37 Å². The average Bonchev–Trinajstić information content (AvgIpc) is 3.50. The third kappa shape index (κ3) is 5.26. The standard InChI is InChI=1S/C27H26FN9O2/c28-21-5-3-4-18(14-21)7-9-30-26-34-27(36-12-10-35(11-13-36)22-6-1-2-8-29-22)33-24-20(17-31-37(24)26)15-19-16-23(38)32-25(19)39/h1-6,8,14-15,17H,7,9-13,16H2,(H,30,33,34)(H,32,38,39). The predicted octanol–water partition coefficient (Wildman–Crippen LogP) is 2.07. The summed E-state index contributed by atoms with van der Waals surface area (Å²) in [4.78, 5) is 42.2. The molecular weight excluding hydrogens is 501 g/mol. The predicted molar refractivity (Wildman–Crippen MR) is 144 cm³/mol. The molecule has 5 heterocycles. The smallest absolute Gasteiger partial charge is 0.254 e. The van der Waals surface area contributed by atoms with Crippen LogP contribution in [0.25, 0.3) is 11.7 Å². The number of carbonyl (C=O) groups is 2. The summed E-state index contributed by atoms with van der Waals surface area (Å²) in [6.07, 6.45) is 5.64. The number of benzene rings is 1. The number of anilines is 3. The van der Waals surface area contributed by atoms with Crippen LogP contribution in [0.2, 0.25) is 0 Å². The van der Waals surface area contributed by atoms with Crippen LogP contribution in [0.15, 0.2) is 60.4 Å². The minimum absolute atomic E-state index is 0.0162. The fourth-order valence-electron chi connectivity index (χ4n) is 4.74. The second-order valence-electron chi connectivity index (χ2n) is 9.37. The lowest BCUT2D eigenvalue weighted by molar-refractivity contribution is -0.124. The number of imide groups is 1. The van der Waals surface area contributed by atoms with Crippen LogP contribution in [-0.4, -0.2) is 69.1 Å². The summed E-state index contributed by atoms with van der Waals surface area (Å²) in [6, 6.07) is 12.4. The lowest BCUT2D eigenvalue weighted by atomic mass is 10.1. The zero-order valence-corrected chi connectivity index (χ0v) is 21.0. The van der Waals surface area contributed by atoms with Crippen LogP contribution >= 0.6 is 0 Å². The van der Waals surface area contributed by atoms with E-state index in [1.165, 1.54) is 12.1 Å². The highest BCUT2D eigenvalue weighted by molar-refractivity contribution is 6.15. The first-order chi connectivity index (χ1) is 19.0. The summed E-state index contributed by atoms with van der Waals surface area (Å²) in [6.45, 7) is 3.39. The van der Waals surface area contributed by atoms with E-state index in [-0.39, 0.29) is 18.1 Å². The van der Waals surface area contributed by atoms with Crippen molar-refractivity contribution in [3.8, 4) is 0 Å². The molecule has 2 amide bonds. The first-order valence-corrected chi connectivity index (χ1v) is 12.7. The highest BCUT2D eigenvalue weighted by Crippen LogP contribution is 2.23. The van der Waals surface area contributed by atoms with Crippen LogP contribution in [0.5, 0.6) is 0 Å². The topological polar surface area (TPSA) is 121 Å². The van der Waals surface area contributed by atoms with Gasteiger partial charge in [-0.05, 0) is 42.3 Å². The fourth-order valence-corrected chi connectivity index (χ4v) is 4.74. The van der Waals surface area contributed by atoms with Crippen molar-refractivity contribution in [1.82, 2.24) is 29.9 Å². The van der Waals surface area contributed by atoms with Crippen LogP contribution in [0.4, 0.5) is 22.1 Å². The van der Waals surface area contributed by atoms with E-state index in [4.69, 9.17) is 9.97 Å². The van der Waals surface area contributed by atoms with Crippen molar-refractivity contribution in [2.45, 2.75) is 12.8 Å². The Hall–Kier alpha value is -4.87. The lowest BCUT2D eigenvalue weighted by Gasteiger charge is -2.35. The van der Waals surface area contributed by atoms with E-state index in [2.05, 4.69) is 30.5 Å². The minimum Gasteiger partial charge on any atom is -0.354 e. The number of hydrogen-bond acceptors (Lipinski definition) is 9. The number of carbonyl (C=O) groups excluding carboxylic acids is 2. The number of pyridine rings is 1. The number of rotatable bonds is 7. The maximum atomic E-state index is 13.6. The largest absolute Gasteiger partial charge is 0.354 e. The van der Waals surface area contributed by atoms with E-state index in [1.54, 1.807) is 29.1 Å². The quantitative estimate of drug-likeness (QED) is 0.275. The SMILES string of the molecule is O=C1CC(=Cc2cnn3c(NCCc4cccc(F)c4)nc(N4CCN(c5ccccn5)CC4)nc23)C(=O)N1. The average molecular weight is 528 g/mol. The van der Waals surface area contributed by atoms with E-state index >= 15 is 0 Å². The Morgan fingerprint density at radius 3 is 2.62 bits per heavy atom. The Morgan fingerprint density at radius 1 is 1.03 bits per heavy atom. The molecule has 0 bridgehead atoms. The summed E-state index contributed by atoms with van der Waals surface area (Å²) in [5, 5.41) is 10.1. The van der Waals surface area contributed by atoms with E-state index in [0.29, 0.717) is 54.7 Å². The van der Waals surface area contributed by atoms with E-state index < -0.39 is 5.91 Å². The van der Waals surface area contributed by atoms with Gasteiger partial charge in [0.25, 0.3) is 5.91 Å². The van der Waals surface area contributed by atoms with Crippen molar-refractivity contribution in [2.75, 3.05) is 47.8 Å². The molecule has 0 atom stereocenters. The van der Waals surface area contributed by atoms with E-state index in [9.17, 15) is 14.0 Å². The number of hydrogen-bond donors (Lipinski definition) is 2. The molecule has 2 aliphatic rings. The van der Waals surface area contributed by atoms with Gasteiger partial charge in [-0.3, -0.25) is 14.9 Å². The van der Waals surface area contributed by atoms with Crippen molar-refractivity contribution >= 4 is 41.3 Å². The molecule has 2 saturated heterocycles. The van der Waals surface area contributed by atoms with Crippen LogP contribution in [0.1, 0.15) is 17.5 Å². The van der Waals surface area contributed by atoms with Crippen molar-refractivity contribution in [3.63, 3.8) is 0 Å². The molecule has 2 fully saturated rings. The van der Waals surface area contributed by atoms with Gasteiger partial charge in [0.2, 0.25) is 17.8 Å². The molecule has 3 aromatic heterocycles. The molecular formula is C27H26FN9O2. The van der Waals surface area contributed by atoms with Gasteiger partial charge >= 0.3 is 0 Å². The third-order valence-corrected chi connectivity index (χ3v) is 6.73. The number of nitrogens with one attached hydrogen (secondary N) is 2. The van der Waals surface area contributed by atoms with E-state index in [0.717, 1.165) is 24.5 Å². The summed E-state index contributed by atoms with van der Waals surface area (Å²) in [5.74, 6) is 0.931. The van der Waals surface area contributed by atoms with Gasteiger partial charge in [0.1, 0.15) is 11.6 Å². The number of amides is 2. The second kappa shape index (κ2) is 10.5. The Morgan fingerprint density at radius 2 is 1.87 bits per heavy atom. The van der Waals surface area contributed by atoms with Crippen LogP contribution in [-0.2, 0) is 16.0 Å². The van der Waals surface area contributed by atoms with E-state index in [1.807, 2.05) is 24.3 Å². The highest BCUT2D eigenvalue weighted by atomic mass is 19.1. The number of aromatic nitrogens is 5. The number of fused-ring (bicyclic) bond motifs is 1. The summed E-state index contributed by atoms with van der Waals surface area (Å²) >= 11 is 0. The molecule has 0 unspecified atom stereocenters. The molecule has 39 heavy (non-hydrogen) atoms. The third-order valence-electron chi connectivity index (χ3n) is 6.73. The van der Waals surface area contributed by atoms with Crippen molar-refractivity contribution in [1.29, 1.82) is 0 Å². The lowest BCUT2D eigenvalue weighted by Crippen LogP contribution is -2.47. The van der Waals surface area contributed by atoms with Gasteiger partial charge in [-0.15, -0.1) is 0 Å². The van der Waals surface area contributed by atoms with Gasteiger partial charge in [-0.1, -0.05) is 18.2 Å².